The fourth-order valence-electron chi connectivity index (χ4n) is 1.08. The molecule has 0 N–H and O–H groups in total. The van der Waals surface area contributed by atoms with Crippen molar-refractivity contribution in [3.8, 4) is 0 Å². The third-order valence-corrected chi connectivity index (χ3v) is 2.40. The summed E-state index contributed by atoms with van der Waals surface area (Å²) in [6, 6.07) is 0.812. The minimum atomic E-state index is -4.52. The molecular formula is C9H8Cl2F3N. The molecule has 0 aliphatic heterocycles. The van der Waals surface area contributed by atoms with Gasteiger partial charge in [0.1, 0.15) is 5.15 Å². The molecule has 0 atom stereocenters. The second-order valence-corrected chi connectivity index (χ2v) is 4.11. The van der Waals surface area contributed by atoms with Crippen LogP contribution >= 0.6 is 23.2 Å². The van der Waals surface area contributed by atoms with E-state index in [2.05, 4.69) is 4.98 Å². The Bertz CT molecular complexity index is 374. The molecule has 1 nitrogen and oxygen atoms in total. The lowest BCUT2D eigenvalue weighted by Crippen LogP contribution is -2.09. The van der Waals surface area contributed by atoms with Crippen molar-refractivity contribution in [2.24, 2.45) is 0 Å². The first-order valence-corrected chi connectivity index (χ1v) is 4.92. The van der Waals surface area contributed by atoms with Gasteiger partial charge >= 0.3 is 6.18 Å². The molecule has 0 unspecified atom stereocenters. The molecule has 0 aliphatic rings. The summed E-state index contributed by atoms with van der Waals surface area (Å²) in [5, 5.41) is -0.572. The molecule has 0 aromatic carbocycles. The Kier molecular flexibility index (Phi) is 3.51. The van der Waals surface area contributed by atoms with Gasteiger partial charge in [-0.3, -0.25) is 0 Å². The number of aromatic nitrogens is 1. The smallest absolute Gasteiger partial charge is 0.239 e. The van der Waals surface area contributed by atoms with Crippen LogP contribution in [0.1, 0.15) is 31.0 Å². The van der Waals surface area contributed by atoms with Crippen LogP contribution in [0.5, 0.6) is 0 Å². The Labute approximate surface area is 95.2 Å². The molecule has 0 radical (unpaired) electrons. The van der Waals surface area contributed by atoms with Gasteiger partial charge in [-0.1, -0.05) is 37.0 Å². The Balaban J connectivity index is 3.32. The molecule has 1 heterocycles. The van der Waals surface area contributed by atoms with E-state index in [1.807, 2.05) is 0 Å². The Morgan fingerprint density at radius 1 is 1.27 bits per heavy atom. The number of hydrogen-bond donors (Lipinski definition) is 0. The topological polar surface area (TPSA) is 12.9 Å². The number of nitrogens with zero attached hydrogens (tertiary/aromatic N) is 1. The summed E-state index contributed by atoms with van der Waals surface area (Å²) in [6.45, 7) is 3.55. The van der Waals surface area contributed by atoms with Crippen LogP contribution in [0, 0.1) is 0 Å². The van der Waals surface area contributed by atoms with Crippen molar-refractivity contribution in [1.82, 2.24) is 4.98 Å². The molecule has 0 spiro atoms. The van der Waals surface area contributed by atoms with Gasteiger partial charge in [0, 0.05) is 0 Å². The zero-order valence-corrected chi connectivity index (χ0v) is 9.50. The van der Waals surface area contributed by atoms with Crippen LogP contribution in [0.3, 0.4) is 0 Å². The molecule has 0 fully saturated rings. The summed E-state index contributed by atoms with van der Waals surface area (Å²) < 4.78 is 37.1. The normalized spacial score (nSPS) is 12.3. The number of halogens is 5. The first-order valence-electron chi connectivity index (χ1n) is 4.16. The van der Waals surface area contributed by atoms with Crippen molar-refractivity contribution in [1.29, 1.82) is 0 Å². The van der Waals surface area contributed by atoms with Gasteiger partial charge in [-0.15, -0.1) is 0 Å². The van der Waals surface area contributed by atoms with Gasteiger partial charge in [-0.25, -0.2) is 4.98 Å². The van der Waals surface area contributed by atoms with Crippen molar-refractivity contribution >= 4 is 23.2 Å². The van der Waals surface area contributed by atoms with Crippen LogP contribution in [0.15, 0.2) is 6.07 Å². The average Bonchev–Trinajstić information content (AvgIpc) is 2.06. The van der Waals surface area contributed by atoms with Gasteiger partial charge in [0.25, 0.3) is 0 Å². The van der Waals surface area contributed by atoms with E-state index in [4.69, 9.17) is 23.2 Å². The minimum absolute atomic E-state index is 0.0123. The minimum Gasteiger partial charge on any atom is -0.239 e. The second-order valence-electron chi connectivity index (χ2n) is 3.35. The molecule has 15 heavy (non-hydrogen) atoms. The highest BCUT2D eigenvalue weighted by atomic mass is 35.5. The quantitative estimate of drug-likeness (QED) is 0.674. The number of rotatable bonds is 1. The lowest BCUT2D eigenvalue weighted by Gasteiger charge is -2.12. The summed E-state index contributed by atoms with van der Waals surface area (Å²) in [5.41, 5.74) is -0.631. The molecular weight excluding hydrogens is 250 g/mol. The van der Waals surface area contributed by atoms with E-state index in [1.165, 1.54) is 0 Å². The molecule has 6 heteroatoms. The summed E-state index contributed by atoms with van der Waals surface area (Å²) >= 11 is 11.1. The van der Waals surface area contributed by atoms with Crippen LogP contribution < -0.4 is 0 Å². The van der Waals surface area contributed by atoms with Crippen LogP contribution in [-0.4, -0.2) is 4.98 Å². The third kappa shape index (κ3) is 2.75. The van der Waals surface area contributed by atoms with E-state index in [9.17, 15) is 13.2 Å². The fraction of sp³-hybridized carbons (Fsp3) is 0.444. The summed E-state index contributed by atoms with van der Waals surface area (Å²) in [6.07, 6.45) is -4.52. The Morgan fingerprint density at radius 3 is 2.20 bits per heavy atom. The van der Waals surface area contributed by atoms with Crippen LogP contribution in [0.4, 0.5) is 13.2 Å². The zero-order chi connectivity index (χ0) is 11.8. The lowest BCUT2D eigenvalue weighted by atomic mass is 10.1. The predicted molar refractivity (Wildman–Crippen MR) is 53.3 cm³/mol. The molecule has 0 amide bonds. The molecule has 1 aromatic rings. The lowest BCUT2D eigenvalue weighted by molar-refractivity contribution is -0.137. The summed E-state index contributed by atoms with van der Waals surface area (Å²) in [7, 11) is 0. The first-order chi connectivity index (χ1) is 6.73. The van der Waals surface area contributed by atoms with E-state index in [0.717, 1.165) is 6.07 Å². The van der Waals surface area contributed by atoms with Crippen molar-refractivity contribution in [3.63, 3.8) is 0 Å². The highest BCUT2D eigenvalue weighted by Gasteiger charge is 2.35. The third-order valence-electron chi connectivity index (χ3n) is 1.81. The van der Waals surface area contributed by atoms with Crippen LogP contribution in [-0.2, 0) is 6.18 Å². The standard InChI is InChI=1S/C9H8Cl2F3N/c1-4(2)7-6(10)3-5(8(11)15-7)9(12,13)14/h3-4H,1-2H3. The van der Waals surface area contributed by atoms with E-state index in [0.29, 0.717) is 5.69 Å². The molecule has 0 bridgehead atoms. The maximum absolute atomic E-state index is 12.4. The van der Waals surface area contributed by atoms with E-state index in [1.54, 1.807) is 13.8 Å². The van der Waals surface area contributed by atoms with E-state index < -0.39 is 16.9 Å². The van der Waals surface area contributed by atoms with Crippen molar-refractivity contribution in [2.45, 2.75) is 25.9 Å². The molecule has 84 valence electrons. The SMILES string of the molecule is CC(C)c1nc(Cl)c(C(F)(F)F)cc1Cl. The highest BCUT2D eigenvalue weighted by molar-refractivity contribution is 6.33. The van der Waals surface area contributed by atoms with Crippen molar-refractivity contribution < 1.29 is 13.2 Å². The maximum atomic E-state index is 12.4. The molecule has 0 saturated carbocycles. The summed E-state index contributed by atoms with van der Waals surface area (Å²) in [5.74, 6) is -0.0720. The fourth-order valence-corrected chi connectivity index (χ4v) is 1.71. The van der Waals surface area contributed by atoms with Gasteiger partial charge in [0.15, 0.2) is 0 Å². The monoisotopic (exact) mass is 257 g/mol. The van der Waals surface area contributed by atoms with E-state index in [-0.39, 0.29) is 10.9 Å². The number of alkyl halides is 3. The molecule has 0 saturated heterocycles. The summed E-state index contributed by atoms with van der Waals surface area (Å²) in [4.78, 5) is 3.65. The Hall–Kier alpha value is -0.480. The second kappa shape index (κ2) is 4.18. The van der Waals surface area contributed by atoms with Gasteiger partial charge in [-0.2, -0.15) is 13.2 Å². The average molecular weight is 258 g/mol. The van der Waals surface area contributed by atoms with Crippen molar-refractivity contribution in [3.05, 3.63) is 27.5 Å². The zero-order valence-electron chi connectivity index (χ0n) is 7.99. The number of hydrogen-bond acceptors (Lipinski definition) is 1. The molecule has 1 rings (SSSR count). The molecule has 1 aromatic heterocycles. The van der Waals surface area contributed by atoms with Gasteiger partial charge in [-0.05, 0) is 12.0 Å². The van der Waals surface area contributed by atoms with Gasteiger partial charge < -0.3 is 0 Å². The van der Waals surface area contributed by atoms with E-state index >= 15 is 0 Å². The maximum Gasteiger partial charge on any atom is 0.419 e. The van der Waals surface area contributed by atoms with Gasteiger partial charge in [0.05, 0.1) is 16.3 Å². The largest absolute Gasteiger partial charge is 0.419 e. The highest BCUT2D eigenvalue weighted by Crippen LogP contribution is 2.37. The molecule has 0 aliphatic carbocycles. The van der Waals surface area contributed by atoms with Gasteiger partial charge in [0.2, 0.25) is 0 Å². The number of pyridine rings is 1. The first kappa shape index (κ1) is 12.6. The predicted octanol–water partition coefficient (Wildman–Crippen LogP) is 4.53. The Morgan fingerprint density at radius 2 is 1.80 bits per heavy atom. The van der Waals surface area contributed by atoms with Crippen LogP contribution in [0.2, 0.25) is 10.2 Å². The van der Waals surface area contributed by atoms with Crippen LogP contribution in [0.25, 0.3) is 0 Å². The van der Waals surface area contributed by atoms with Crippen molar-refractivity contribution in [2.75, 3.05) is 0 Å².